The van der Waals surface area contributed by atoms with E-state index in [-0.39, 0.29) is 0 Å². The highest BCUT2D eigenvalue weighted by atomic mass is 15.1. The van der Waals surface area contributed by atoms with E-state index in [1.807, 2.05) is 0 Å². The van der Waals surface area contributed by atoms with Gasteiger partial charge in [0.25, 0.3) is 0 Å². The summed E-state index contributed by atoms with van der Waals surface area (Å²) in [5, 5.41) is 0. The normalized spacial score (nSPS) is 15.0. The molecule has 642 valence electrons. The number of nitrogens with zero attached hydrogens (tertiary/aromatic N) is 16. The second kappa shape index (κ2) is 43.1. The molecule has 0 N–H and O–H groups in total. The molecule has 17 heterocycles. The molecule has 17 rings (SSSR count). The molecular formula is C112H124N16+10. The van der Waals surface area contributed by atoms with E-state index >= 15 is 0 Å². The van der Waals surface area contributed by atoms with Gasteiger partial charge in [-0.3, -0.25) is 0 Å². The number of unbranched alkanes of at least 4 members (excludes halogenated alkanes) is 8. The first-order chi connectivity index (χ1) is 63.2. The second-order valence-electron chi connectivity index (χ2n) is 34.5. The van der Waals surface area contributed by atoms with Gasteiger partial charge in [-0.15, -0.1) is 0 Å². The van der Waals surface area contributed by atoms with Crippen LogP contribution in [0.2, 0.25) is 0 Å². The fraction of sp³-hybridized carbons (Fsp3) is 0.286. The van der Waals surface area contributed by atoms with Gasteiger partial charge < -0.3 is 9.80 Å². The van der Waals surface area contributed by atoms with Gasteiger partial charge in [-0.05, 0) is 153 Å². The summed E-state index contributed by atoms with van der Waals surface area (Å²) in [7, 11) is 0. The third-order valence-corrected chi connectivity index (χ3v) is 25.2. The molecule has 0 saturated heterocycles. The minimum absolute atomic E-state index is 0.837. The molecule has 16 nitrogen and oxygen atoms in total. The van der Waals surface area contributed by atoms with Crippen LogP contribution in [0.15, 0.2) is 397 Å². The highest BCUT2D eigenvalue weighted by Crippen LogP contribution is 2.39. The van der Waals surface area contributed by atoms with Crippen molar-refractivity contribution >= 4 is 45.1 Å². The average Bonchev–Trinajstić information content (AvgIpc) is 1.61. The topological polar surface area (TPSA) is 94.7 Å². The summed E-state index contributed by atoms with van der Waals surface area (Å²) in [5.41, 5.74) is 24.6. The highest BCUT2D eigenvalue weighted by molar-refractivity contribution is 6.39. The maximum atomic E-state index is 5.74. The van der Waals surface area contributed by atoms with Gasteiger partial charge in [0.2, 0.25) is 0 Å². The van der Waals surface area contributed by atoms with Crippen LogP contribution in [-0.2, 0) is 65.4 Å². The lowest BCUT2D eigenvalue weighted by atomic mass is 9.99. The Bertz CT molecular complexity index is 5950. The van der Waals surface area contributed by atoms with Crippen molar-refractivity contribution in [3.8, 4) is 33.4 Å². The SMILES string of the molecule is CCCCN1C=CC(=C2C=CN(CCCC[n+]3ccc(C4=C5C=CC(=N5)C(c5cc[n+](CCCC[n+]6ccc(-c7cc[n+](CCCC)cc7)cc6)cc5)=C5C=CC(=N5)C(c5cc[n+](CCCC[n+]6ccc(-c7cc[n+](CCCC)cc7)cc6)cc5)=C5C=CC(=N5)C(c5cc[n+](CCCC[n+]6ccc(-c7cc[n+](CCCC)cc7)cc6)cc5)=C5C=CC4=N5)cc3)C=C2)C=C1. The van der Waals surface area contributed by atoms with Crippen LogP contribution in [0, 0.1) is 0 Å². The molecule has 10 aromatic rings. The molecule has 128 heavy (non-hydrogen) atoms. The Morgan fingerprint density at radius 2 is 0.359 bits per heavy atom. The quantitative estimate of drug-likeness (QED) is 0.0283. The third-order valence-electron chi connectivity index (χ3n) is 25.2. The lowest BCUT2D eigenvalue weighted by Crippen LogP contribution is -2.35. The predicted molar refractivity (Wildman–Crippen MR) is 511 cm³/mol. The van der Waals surface area contributed by atoms with Gasteiger partial charge in [-0.25, -0.2) is 65.6 Å². The molecule has 8 bridgehead atoms. The molecule has 0 unspecified atom stereocenters. The molecule has 16 heteroatoms. The van der Waals surface area contributed by atoms with Crippen LogP contribution >= 0.6 is 0 Å². The molecule has 0 spiro atoms. The number of aliphatic imine (C=N–C) groups is 4. The number of allylic oxidation sites excluding steroid dienone is 18. The van der Waals surface area contributed by atoms with Crippen molar-refractivity contribution in [2.45, 2.75) is 196 Å². The van der Waals surface area contributed by atoms with E-state index in [9.17, 15) is 0 Å². The van der Waals surface area contributed by atoms with Gasteiger partial charge in [-0.2, -0.15) is 0 Å². The number of fused-ring (bicyclic) bond motifs is 4. The molecule has 0 fully saturated rings. The lowest BCUT2D eigenvalue weighted by Gasteiger charge is -2.21. The molecule has 0 aliphatic carbocycles. The van der Waals surface area contributed by atoms with E-state index in [0.29, 0.717) is 0 Å². The largest absolute Gasteiger partial charge is 0.354 e. The molecule has 0 atom stereocenters. The summed E-state index contributed by atoms with van der Waals surface area (Å²) in [5.74, 6) is 0. The Hall–Kier alpha value is -13.6. The Morgan fingerprint density at radius 3 is 0.555 bits per heavy atom. The first kappa shape index (κ1) is 86.5. The standard InChI is InChI=1S/C112H124N16/c1-5-9-53-117-65-29-89(30-66-117)93-37-73-121(74-38-93)57-13-17-61-125-81-45-97(46-82-125)109-101-21-23-103(113-101)110(98-47-83-126(84-48-98)62-18-14-58-122-75-39-94(40-76-122)90-31-67-118(68-32-90)54-10-6-2)105-25-27-107(115-105)112(100-51-87-128(88-52-100)64-20-16-60-124-79-43-96(44-80-124)92-35-71-120(72-36-92)56-12-8-4)108-28-26-106(116-108)111(104-24-22-102(109)114-104)99-49-85-127(86-50-99)63-19-15-59-123-77-41-95(42-78-123)91-33-69-119(70-34-91)55-11-7-3/h21-52,65-88H,5-20,53-64H2,1-4H3/q+10. The molecule has 0 saturated carbocycles. The zero-order chi connectivity index (χ0) is 87.0. The van der Waals surface area contributed by atoms with E-state index in [2.05, 4.69) is 426 Å². The first-order valence-corrected chi connectivity index (χ1v) is 47.2. The van der Waals surface area contributed by atoms with Gasteiger partial charge in [0.1, 0.15) is 65.4 Å². The van der Waals surface area contributed by atoms with Crippen LogP contribution in [0.25, 0.3) is 55.7 Å². The van der Waals surface area contributed by atoms with Crippen LogP contribution in [0.4, 0.5) is 0 Å². The molecular weight excluding hydrogens is 1570 g/mol. The van der Waals surface area contributed by atoms with Gasteiger partial charge in [0.15, 0.2) is 124 Å². The van der Waals surface area contributed by atoms with Crippen LogP contribution in [0.3, 0.4) is 0 Å². The lowest BCUT2D eigenvalue weighted by molar-refractivity contribution is -0.708. The van der Waals surface area contributed by atoms with E-state index in [1.54, 1.807) is 0 Å². The zero-order valence-electron chi connectivity index (χ0n) is 75.3. The van der Waals surface area contributed by atoms with Gasteiger partial charge in [0.05, 0.1) is 45.6 Å². The minimum Gasteiger partial charge on any atom is -0.354 e. The number of aryl methyl sites for hydroxylation is 10. The summed E-state index contributed by atoms with van der Waals surface area (Å²) >= 11 is 0. The van der Waals surface area contributed by atoms with Gasteiger partial charge in [0, 0.05) is 246 Å². The van der Waals surface area contributed by atoms with Crippen molar-refractivity contribution in [2.24, 2.45) is 20.0 Å². The molecule has 7 aliphatic rings. The zero-order valence-corrected chi connectivity index (χ0v) is 75.3. The number of pyridine rings is 10. The molecule has 0 amide bonds. The number of rotatable bonds is 39. The minimum atomic E-state index is 0.837. The fourth-order valence-corrected chi connectivity index (χ4v) is 17.5. The Labute approximate surface area is 757 Å². The predicted octanol–water partition coefficient (Wildman–Crippen LogP) is 18.0. The summed E-state index contributed by atoms with van der Waals surface area (Å²) in [6.07, 6.45) is 97.5. The van der Waals surface area contributed by atoms with Crippen LogP contribution in [0.1, 0.15) is 153 Å². The van der Waals surface area contributed by atoms with E-state index < -0.39 is 0 Å². The summed E-state index contributed by atoms with van der Waals surface area (Å²) in [6.45, 7) is 20.5. The van der Waals surface area contributed by atoms with E-state index in [1.165, 1.54) is 95.9 Å². The monoisotopic (exact) mass is 1690 g/mol. The van der Waals surface area contributed by atoms with Crippen molar-refractivity contribution < 1.29 is 45.7 Å². The van der Waals surface area contributed by atoms with Crippen molar-refractivity contribution in [3.63, 3.8) is 0 Å². The number of aromatic nitrogens is 10. The van der Waals surface area contributed by atoms with Crippen molar-refractivity contribution in [1.82, 2.24) is 9.80 Å². The average molecular weight is 1690 g/mol. The molecule has 0 aromatic carbocycles. The second-order valence-corrected chi connectivity index (χ2v) is 34.5. The maximum absolute atomic E-state index is 5.74. The third kappa shape index (κ3) is 22.2. The molecule has 10 aromatic heterocycles. The van der Waals surface area contributed by atoms with Crippen molar-refractivity contribution in [2.75, 3.05) is 13.1 Å². The van der Waals surface area contributed by atoms with Gasteiger partial charge >= 0.3 is 0 Å². The van der Waals surface area contributed by atoms with Crippen molar-refractivity contribution in [3.05, 3.63) is 399 Å². The Balaban J connectivity index is 0.655. The molecule has 0 radical (unpaired) electrons. The van der Waals surface area contributed by atoms with Gasteiger partial charge in [-0.1, -0.05) is 53.4 Å². The number of hydrogen-bond donors (Lipinski definition) is 0. The molecule has 7 aliphatic heterocycles. The fourth-order valence-electron chi connectivity index (χ4n) is 17.5. The highest BCUT2D eigenvalue weighted by Gasteiger charge is 2.30. The van der Waals surface area contributed by atoms with Crippen LogP contribution < -0.4 is 45.7 Å². The Kier molecular flexibility index (Phi) is 29.1. The maximum Gasteiger partial charge on any atom is 0.169 e. The van der Waals surface area contributed by atoms with Crippen LogP contribution in [0.5, 0.6) is 0 Å². The summed E-state index contributed by atoms with van der Waals surface area (Å²) < 4.78 is 23.0. The van der Waals surface area contributed by atoms with Crippen LogP contribution in [-0.4, -0.2) is 45.7 Å². The smallest absolute Gasteiger partial charge is 0.169 e. The first-order valence-electron chi connectivity index (χ1n) is 47.2. The number of hydrogen-bond acceptors (Lipinski definition) is 6. The van der Waals surface area contributed by atoms with Crippen molar-refractivity contribution in [1.29, 1.82) is 0 Å². The Morgan fingerprint density at radius 1 is 0.188 bits per heavy atom. The van der Waals surface area contributed by atoms with E-state index in [4.69, 9.17) is 20.0 Å². The summed E-state index contributed by atoms with van der Waals surface area (Å²) in [4.78, 5) is 27.5. The van der Waals surface area contributed by atoms with E-state index in [0.717, 1.165) is 220 Å². The summed E-state index contributed by atoms with van der Waals surface area (Å²) in [6, 6.07) is 44.8.